The number of carbonyl (C=O) groups is 2. The van der Waals surface area contributed by atoms with Gasteiger partial charge in [0, 0.05) is 24.7 Å². The lowest BCUT2D eigenvalue weighted by molar-refractivity contribution is -0.142. The average molecular weight is 292 g/mol. The third-order valence-corrected chi connectivity index (χ3v) is 3.33. The van der Waals surface area contributed by atoms with Gasteiger partial charge in [0.1, 0.15) is 0 Å². The van der Waals surface area contributed by atoms with Crippen LogP contribution in [0.4, 0.5) is 5.69 Å². The molecule has 1 rings (SSSR count). The smallest absolute Gasteiger partial charge is 0.313 e. The van der Waals surface area contributed by atoms with Crippen LogP contribution < -0.4 is 10.6 Å². The van der Waals surface area contributed by atoms with Gasteiger partial charge in [0.15, 0.2) is 0 Å². The van der Waals surface area contributed by atoms with Crippen LogP contribution in [0.3, 0.4) is 0 Å². The number of carboxylic acids is 1. The van der Waals surface area contributed by atoms with Crippen LogP contribution in [-0.2, 0) is 15.0 Å². The Morgan fingerprint density at radius 2 is 1.76 bits per heavy atom. The molecule has 0 spiro atoms. The van der Waals surface area contributed by atoms with Crippen molar-refractivity contribution in [1.82, 2.24) is 5.32 Å². The Labute approximate surface area is 125 Å². The number of nitrogens with one attached hydrogen (secondary N) is 2. The third-order valence-electron chi connectivity index (χ3n) is 3.33. The van der Waals surface area contributed by atoms with Gasteiger partial charge in [-0.25, -0.2) is 0 Å². The van der Waals surface area contributed by atoms with Gasteiger partial charge in [0.25, 0.3) is 0 Å². The lowest BCUT2D eigenvalue weighted by atomic mass is 9.85. The number of benzene rings is 1. The number of anilines is 1. The van der Waals surface area contributed by atoms with Crippen LogP contribution in [0.5, 0.6) is 0 Å². The normalized spacial score (nSPS) is 11.5. The van der Waals surface area contributed by atoms with Gasteiger partial charge in [-0.3, -0.25) is 9.59 Å². The summed E-state index contributed by atoms with van der Waals surface area (Å²) in [5.41, 5.74) is 0.438. The summed E-state index contributed by atoms with van der Waals surface area (Å²) in [5, 5.41) is 15.1. The second kappa shape index (κ2) is 7.22. The van der Waals surface area contributed by atoms with Crippen LogP contribution >= 0.6 is 0 Å². The zero-order valence-corrected chi connectivity index (χ0v) is 13.1. The molecule has 0 aliphatic heterocycles. The van der Waals surface area contributed by atoms with E-state index >= 15 is 0 Å². The molecule has 0 heterocycles. The summed E-state index contributed by atoms with van der Waals surface area (Å²) in [6, 6.07) is 7.28. The molecule has 0 saturated carbocycles. The van der Waals surface area contributed by atoms with Crippen molar-refractivity contribution in [2.45, 2.75) is 45.6 Å². The minimum atomic E-state index is -0.941. The Morgan fingerprint density at radius 1 is 1.19 bits per heavy atom. The largest absolute Gasteiger partial charge is 0.481 e. The fraction of sp³-hybridized carbons (Fsp3) is 0.500. The molecular formula is C16H24N2O3. The average Bonchev–Trinajstić information content (AvgIpc) is 2.38. The van der Waals surface area contributed by atoms with Gasteiger partial charge in [0.2, 0.25) is 5.91 Å². The van der Waals surface area contributed by atoms with Gasteiger partial charge in [-0.2, -0.15) is 0 Å². The summed E-state index contributed by atoms with van der Waals surface area (Å²) in [5.74, 6) is -0.938. The van der Waals surface area contributed by atoms with E-state index in [1.807, 2.05) is 13.8 Å². The first-order chi connectivity index (χ1) is 9.73. The Kier molecular flexibility index (Phi) is 5.90. The SMILES string of the molecule is CC(C)NCCC(=O)Nc1ccc(C(C)(C)C(=O)O)cc1. The molecule has 1 amide bonds. The van der Waals surface area contributed by atoms with E-state index in [1.54, 1.807) is 38.1 Å². The number of hydrogen-bond acceptors (Lipinski definition) is 3. The van der Waals surface area contributed by atoms with E-state index in [1.165, 1.54) is 0 Å². The summed E-state index contributed by atoms with van der Waals surface area (Å²) in [6.07, 6.45) is 0.403. The number of amides is 1. The van der Waals surface area contributed by atoms with Crippen molar-refractivity contribution >= 4 is 17.6 Å². The number of carbonyl (C=O) groups excluding carboxylic acids is 1. The van der Waals surface area contributed by atoms with Crippen LogP contribution in [0.2, 0.25) is 0 Å². The number of aliphatic carboxylic acids is 1. The van der Waals surface area contributed by atoms with E-state index in [4.69, 9.17) is 0 Å². The molecular weight excluding hydrogens is 268 g/mol. The highest BCUT2D eigenvalue weighted by atomic mass is 16.4. The Balaban J connectivity index is 2.59. The topological polar surface area (TPSA) is 78.4 Å². The molecule has 0 radical (unpaired) electrons. The molecule has 0 saturated heterocycles. The molecule has 0 bridgehead atoms. The van der Waals surface area contributed by atoms with E-state index in [2.05, 4.69) is 10.6 Å². The van der Waals surface area contributed by atoms with Crippen molar-refractivity contribution in [3.05, 3.63) is 29.8 Å². The molecule has 0 atom stereocenters. The third kappa shape index (κ3) is 5.19. The zero-order chi connectivity index (χ0) is 16.0. The van der Waals surface area contributed by atoms with Crippen LogP contribution in [0.25, 0.3) is 0 Å². The second-order valence-corrected chi connectivity index (χ2v) is 5.91. The van der Waals surface area contributed by atoms with E-state index in [-0.39, 0.29) is 5.91 Å². The minimum absolute atomic E-state index is 0.0617. The molecule has 0 aliphatic rings. The van der Waals surface area contributed by atoms with Gasteiger partial charge in [-0.05, 0) is 31.5 Å². The van der Waals surface area contributed by atoms with Crippen LogP contribution in [-0.4, -0.2) is 29.6 Å². The standard InChI is InChI=1S/C16H24N2O3/c1-11(2)17-10-9-14(19)18-13-7-5-12(6-8-13)16(3,4)15(20)21/h5-8,11,17H,9-10H2,1-4H3,(H,18,19)(H,20,21). The number of hydrogen-bond donors (Lipinski definition) is 3. The molecule has 21 heavy (non-hydrogen) atoms. The fourth-order valence-electron chi connectivity index (χ4n) is 1.79. The Hall–Kier alpha value is -1.88. The summed E-state index contributed by atoms with van der Waals surface area (Å²) >= 11 is 0. The van der Waals surface area contributed by atoms with Crippen LogP contribution in [0.15, 0.2) is 24.3 Å². The van der Waals surface area contributed by atoms with Gasteiger partial charge in [-0.15, -0.1) is 0 Å². The second-order valence-electron chi connectivity index (χ2n) is 5.91. The predicted octanol–water partition coefficient (Wildman–Crippen LogP) is 2.38. The molecule has 5 heteroatoms. The highest BCUT2D eigenvalue weighted by molar-refractivity contribution is 5.91. The molecule has 116 valence electrons. The Bertz CT molecular complexity index is 493. The predicted molar refractivity (Wildman–Crippen MR) is 83.5 cm³/mol. The first kappa shape index (κ1) is 17.2. The van der Waals surface area contributed by atoms with Crippen LogP contribution in [0, 0.1) is 0 Å². The zero-order valence-electron chi connectivity index (χ0n) is 13.1. The first-order valence-corrected chi connectivity index (χ1v) is 7.10. The maximum absolute atomic E-state index is 11.7. The van der Waals surface area contributed by atoms with E-state index in [0.717, 1.165) is 0 Å². The van der Waals surface area contributed by atoms with Gasteiger partial charge >= 0.3 is 5.97 Å². The first-order valence-electron chi connectivity index (χ1n) is 7.10. The molecule has 5 nitrogen and oxygen atoms in total. The van der Waals surface area contributed by atoms with Gasteiger partial charge < -0.3 is 15.7 Å². The van der Waals surface area contributed by atoms with Crippen molar-refractivity contribution in [3.8, 4) is 0 Å². The van der Waals surface area contributed by atoms with Crippen LogP contribution in [0.1, 0.15) is 39.7 Å². The van der Waals surface area contributed by atoms with Crippen molar-refractivity contribution < 1.29 is 14.7 Å². The summed E-state index contributed by atoms with van der Waals surface area (Å²) in [4.78, 5) is 22.9. The van der Waals surface area contributed by atoms with Crippen molar-refractivity contribution in [2.24, 2.45) is 0 Å². The van der Waals surface area contributed by atoms with Gasteiger partial charge in [0.05, 0.1) is 5.41 Å². The van der Waals surface area contributed by atoms with Crippen molar-refractivity contribution in [1.29, 1.82) is 0 Å². The Morgan fingerprint density at radius 3 is 2.24 bits per heavy atom. The molecule has 3 N–H and O–H groups in total. The minimum Gasteiger partial charge on any atom is -0.481 e. The molecule has 1 aromatic carbocycles. The molecule has 0 unspecified atom stereocenters. The summed E-state index contributed by atoms with van der Waals surface area (Å²) < 4.78 is 0. The quantitative estimate of drug-likeness (QED) is 0.721. The lowest BCUT2D eigenvalue weighted by Gasteiger charge is -2.19. The fourth-order valence-corrected chi connectivity index (χ4v) is 1.79. The van der Waals surface area contributed by atoms with E-state index in [0.29, 0.717) is 30.3 Å². The lowest BCUT2D eigenvalue weighted by Crippen LogP contribution is -2.28. The molecule has 0 aliphatic carbocycles. The van der Waals surface area contributed by atoms with Gasteiger partial charge in [-0.1, -0.05) is 26.0 Å². The van der Waals surface area contributed by atoms with Crippen molar-refractivity contribution in [3.63, 3.8) is 0 Å². The monoisotopic (exact) mass is 292 g/mol. The highest BCUT2D eigenvalue weighted by Gasteiger charge is 2.29. The highest BCUT2D eigenvalue weighted by Crippen LogP contribution is 2.24. The maximum Gasteiger partial charge on any atom is 0.313 e. The molecule has 0 aromatic heterocycles. The number of rotatable bonds is 7. The summed E-state index contributed by atoms with van der Waals surface area (Å²) in [6.45, 7) is 8.00. The van der Waals surface area contributed by atoms with E-state index < -0.39 is 11.4 Å². The van der Waals surface area contributed by atoms with E-state index in [9.17, 15) is 14.7 Å². The maximum atomic E-state index is 11.7. The number of carboxylic acid groups (broad SMARTS) is 1. The summed E-state index contributed by atoms with van der Waals surface area (Å²) in [7, 11) is 0. The molecule has 1 aromatic rings. The molecule has 0 fully saturated rings. The van der Waals surface area contributed by atoms with Crippen molar-refractivity contribution in [2.75, 3.05) is 11.9 Å².